The lowest BCUT2D eigenvalue weighted by Crippen LogP contribution is -2.75. The van der Waals surface area contributed by atoms with Crippen LogP contribution in [0.2, 0.25) is 0 Å². The second-order valence-corrected chi connectivity index (χ2v) is 9.01. The van der Waals surface area contributed by atoms with Gasteiger partial charge in [0.1, 0.15) is 5.54 Å². The van der Waals surface area contributed by atoms with Gasteiger partial charge in [-0.3, -0.25) is 4.79 Å². The first-order valence-corrected chi connectivity index (χ1v) is 10.3. The molecule has 3 N–H and O–H groups in total. The van der Waals surface area contributed by atoms with E-state index in [1.807, 2.05) is 39.0 Å². The highest BCUT2D eigenvalue weighted by Gasteiger charge is 2.62. The van der Waals surface area contributed by atoms with E-state index in [1.165, 1.54) is 4.88 Å². The first-order valence-electron chi connectivity index (χ1n) is 9.50. The van der Waals surface area contributed by atoms with E-state index in [9.17, 15) is 4.79 Å². The first-order chi connectivity index (χ1) is 12.8. The van der Waals surface area contributed by atoms with Crippen molar-refractivity contribution in [3.63, 3.8) is 0 Å². The van der Waals surface area contributed by atoms with Gasteiger partial charge in [-0.1, -0.05) is 44.2 Å². The smallest absolute Gasteiger partial charge is 0.240 e. The standard InChI is InChI=1S/C21H29N3O2S/c1-5-26-16-13-21(22,20(16,3)4)19(25)23-12-11-17-24-18(14(2)27-17)15-9-7-6-8-10-15/h6-10,16H,5,11-13,22H2,1-4H3,(H,23,25). The fraction of sp³-hybridized carbons (Fsp3) is 0.524. The molecule has 0 saturated heterocycles. The quantitative estimate of drug-likeness (QED) is 0.764. The molecule has 2 atom stereocenters. The third-order valence-corrected chi connectivity index (χ3v) is 6.78. The molecule has 5 nitrogen and oxygen atoms in total. The topological polar surface area (TPSA) is 77.2 Å². The fourth-order valence-corrected chi connectivity index (χ4v) is 4.64. The largest absolute Gasteiger partial charge is 0.378 e. The predicted octanol–water partition coefficient (Wildman–Crippen LogP) is 3.31. The van der Waals surface area contributed by atoms with Crippen molar-refractivity contribution in [2.24, 2.45) is 11.1 Å². The van der Waals surface area contributed by atoms with Crippen molar-refractivity contribution >= 4 is 17.2 Å². The maximum atomic E-state index is 12.7. The summed E-state index contributed by atoms with van der Waals surface area (Å²) >= 11 is 1.68. The van der Waals surface area contributed by atoms with Crippen LogP contribution in [0.3, 0.4) is 0 Å². The number of nitrogens with zero attached hydrogens (tertiary/aromatic N) is 1. The zero-order valence-corrected chi connectivity index (χ0v) is 17.4. The number of nitrogens with two attached hydrogens (primary N) is 1. The summed E-state index contributed by atoms with van der Waals surface area (Å²) in [7, 11) is 0. The Labute approximate surface area is 165 Å². The minimum atomic E-state index is -0.874. The average molecular weight is 388 g/mol. The number of benzene rings is 1. The highest BCUT2D eigenvalue weighted by Crippen LogP contribution is 2.49. The third-order valence-electron chi connectivity index (χ3n) is 5.75. The lowest BCUT2D eigenvalue weighted by Gasteiger charge is -2.57. The van der Waals surface area contributed by atoms with E-state index in [1.54, 1.807) is 11.3 Å². The highest BCUT2D eigenvalue weighted by molar-refractivity contribution is 7.12. The number of carbonyl (C=O) groups is 1. The number of nitrogens with one attached hydrogen (secondary N) is 1. The van der Waals surface area contributed by atoms with Gasteiger partial charge in [0.15, 0.2) is 0 Å². The van der Waals surface area contributed by atoms with Gasteiger partial charge in [0.05, 0.1) is 16.8 Å². The minimum absolute atomic E-state index is 0.0355. The maximum absolute atomic E-state index is 12.7. The van der Waals surface area contributed by atoms with Gasteiger partial charge in [0.2, 0.25) is 5.91 Å². The summed E-state index contributed by atoms with van der Waals surface area (Å²) in [5, 5.41) is 4.03. The van der Waals surface area contributed by atoms with Gasteiger partial charge < -0.3 is 15.8 Å². The van der Waals surface area contributed by atoms with E-state index < -0.39 is 5.54 Å². The molecule has 3 rings (SSSR count). The molecule has 0 aliphatic heterocycles. The molecule has 1 aromatic heterocycles. The van der Waals surface area contributed by atoms with Gasteiger partial charge in [-0.2, -0.15) is 0 Å². The molecule has 1 heterocycles. The van der Waals surface area contributed by atoms with Gasteiger partial charge in [-0.25, -0.2) is 4.98 Å². The van der Waals surface area contributed by atoms with E-state index in [0.717, 1.165) is 16.3 Å². The molecule has 146 valence electrons. The van der Waals surface area contributed by atoms with Crippen LogP contribution in [0.1, 0.15) is 37.1 Å². The predicted molar refractivity (Wildman–Crippen MR) is 110 cm³/mol. The van der Waals surface area contributed by atoms with Crippen molar-refractivity contribution in [3.05, 3.63) is 40.2 Å². The Kier molecular flexibility index (Phi) is 5.70. The zero-order valence-electron chi connectivity index (χ0n) is 16.5. The van der Waals surface area contributed by atoms with Crippen LogP contribution in [0.4, 0.5) is 0 Å². The van der Waals surface area contributed by atoms with Crippen LogP contribution in [-0.2, 0) is 16.0 Å². The summed E-state index contributed by atoms with van der Waals surface area (Å²) < 4.78 is 5.70. The van der Waals surface area contributed by atoms with Crippen molar-refractivity contribution in [2.45, 2.75) is 52.2 Å². The maximum Gasteiger partial charge on any atom is 0.240 e. The van der Waals surface area contributed by atoms with Crippen molar-refractivity contribution in [3.8, 4) is 11.3 Å². The molecule has 2 unspecified atom stereocenters. The molecule has 0 radical (unpaired) electrons. The molecule has 1 aliphatic carbocycles. The number of aryl methyl sites for hydroxylation is 1. The Morgan fingerprint density at radius 3 is 2.70 bits per heavy atom. The van der Waals surface area contributed by atoms with Crippen LogP contribution in [0.5, 0.6) is 0 Å². The Morgan fingerprint density at radius 1 is 1.37 bits per heavy atom. The summed E-state index contributed by atoms with van der Waals surface area (Å²) in [5.74, 6) is -0.0972. The number of amides is 1. The molecular weight excluding hydrogens is 358 g/mol. The van der Waals surface area contributed by atoms with Gasteiger partial charge in [0.25, 0.3) is 0 Å². The summed E-state index contributed by atoms with van der Waals surface area (Å²) in [6.45, 7) is 9.24. The normalized spacial score (nSPS) is 23.7. The number of carbonyl (C=O) groups excluding carboxylic acids is 1. The van der Waals surface area contributed by atoms with E-state index in [2.05, 4.69) is 24.4 Å². The summed E-state index contributed by atoms with van der Waals surface area (Å²) in [5.41, 5.74) is 7.33. The molecule has 0 bridgehead atoms. The number of thiazole rings is 1. The number of ether oxygens (including phenoxy) is 1. The monoisotopic (exact) mass is 387 g/mol. The minimum Gasteiger partial charge on any atom is -0.378 e. The highest BCUT2D eigenvalue weighted by atomic mass is 32.1. The van der Waals surface area contributed by atoms with Gasteiger partial charge in [-0.05, 0) is 13.8 Å². The molecule has 27 heavy (non-hydrogen) atoms. The van der Waals surface area contributed by atoms with Crippen LogP contribution in [0.25, 0.3) is 11.3 Å². The SMILES string of the molecule is CCOC1CC(N)(C(=O)NCCc2nc(-c3ccccc3)c(C)s2)C1(C)C. The van der Waals surface area contributed by atoms with Gasteiger partial charge >= 0.3 is 0 Å². The Balaban J connectivity index is 1.57. The van der Waals surface area contributed by atoms with Crippen LogP contribution in [0, 0.1) is 12.3 Å². The van der Waals surface area contributed by atoms with Crippen LogP contribution in [-0.4, -0.2) is 35.7 Å². The van der Waals surface area contributed by atoms with Crippen LogP contribution in [0.15, 0.2) is 30.3 Å². The number of hydrogen-bond donors (Lipinski definition) is 2. The lowest BCUT2D eigenvalue weighted by molar-refractivity contribution is -0.170. The van der Waals surface area contributed by atoms with Gasteiger partial charge in [-0.15, -0.1) is 11.3 Å². The lowest BCUT2D eigenvalue weighted by atomic mass is 9.54. The van der Waals surface area contributed by atoms with Crippen molar-refractivity contribution in [1.29, 1.82) is 0 Å². The molecule has 1 aromatic carbocycles. The fourth-order valence-electron chi connectivity index (χ4n) is 3.68. The average Bonchev–Trinajstić information content (AvgIpc) is 3.02. The van der Waals surface area contributed by atoms with E-state index in [0.29, 0.717) is 26.0 Å². The summed E-state index contributed by atoms with van der Waals surface area (Å²) in [4.78, 5) is 18.6. The Hall–Kier alpha value is -1.76. The molecular formula is C21H29N3O2S. The van der Waals surface area contributed by atoms with Crippen molar-refractivity contribution in [1.82, 2.24) is 10.3 Å². The summed E-state index contributed by atoms with van der Waals surface area (Å²) in [6.07, 6.45) is 1.30. The molecule has 2 aromatic rings. The number of aromatic nitrogens is 1. The number of rotatable bonds is 7. The van der Waals surface area contributed by atoms with Crippen LogP contribution >= 0.6 is 11.3 Å². The zero-order chi connectivity index (χ0) is 19.7. The summed E-state index contributed by atoms with van der Waals surface area (Å²) in [6, 6.07) is 10.2. The number of hydrogen-bond acceptors (Lipinski definition) is 5. The van der Waals surface area contributed by atoms with E-state index >= 15 is 0 Å². The molecule has 0 spiro atoms. The third kappa shape index (κ3) is 3.66. The Morgan fingerprint density at radius 2 is 2.07 bits per heavy atom. The molecule has 1 saturated carbocycles. The molecule has 1 aliphatic rings. The second kappa shape index (κ2) is 7.70. The first kappa shape index (κ1) is 20.0. The second-order valence-electron chi connectivity index (χ2n) is 7.73. The van der Waals surface area contributed by atoms with Crippen LogP contribution < -0.4 is 11.1 Å². The van der Waals surface area contributed by atoms with E-state index in [4.69, 9.17) is 15.5 Å². The van der Waals surface area contributed by atoms with Gasteiger partial charge in [0, 0.05) is 41.8 Å². The molecule has 1 fully saturated rings. The van der Waals surface area contributed by atoms with Crippen molar-refractivity contribution in [2.75, 3.05) is 13.2 Å². The molecule has 6 heteroatoms. The Bertz CT molecular complexity index is 803. The van der Waals surface area contributed by atoms with E-state index in [-0.39, 0.29) is 17.4 Å². The van der Waals surface area contributed by atoms with Crippen molar-refractivity contribution < 1.29 is 9.53 Å². The molecule has 1 amide bonds.